The van der Waals surface area contributed by atoms with Crippen molar-refractivity contribution < 1.29 is 20.1 Å². The van der Waals surface area contributed by atoms with Gasteiger partial charge in [-0.15, -0.1) is 0 Å². The number of unbranched alkanes of at least 4 members (excludes halogenated alkanes) is 26. The van der Waals surface area contributed by atoms with E-state index >= 15 is 0 Å². The molecule has 0 heterocycles. The minimum atomic E-state index is -0.962. The molecule has 3 unspecified atom stereocenters. The van der Waals surface area contributed by atoms with Crippen molar-refractivity contribution in [3.63, 3.8) is 0 Å². The van der Waals surface area contributed by atoms with Crippen LogP contribution in [-0.4, -0.2) is 46.1 Å². The molecular formula is C48H89NO4. The van der Waals surface area contributed by atoms with Gasteiger partial charge in [-0.2, -0.15) is 0 Å². The van der Waals surface area contributed by atoms with Gasteiger partial charge in [-0.1, -0.05) is 197 Å². The van der Waals surface area contributed by atoms with Crippen LogP contribution in [0.15, 0.2) is 48.6 Å². The van der Waals surface area contributed by atoms with Crippen LogP contribution in [0.3, 0.4) is 0 Å². The molecule has 0 fully saturated rings. The zero-order valence-electron chi connectivity index (χ0n) is 35.1. The van der Waals surface area contributed by atoms with Gasteiger partial charge in [-0.05, 0) is 70.6 Å². The molecule has 5 nitrogen and oxygen atoms in total. The third-order valence-corrected chi connectivity index (χ3v) is 10.3. The van der Waals surface area contributed by atoms with Crippen LogP contribution in [0.5, 0.6) is 0 Å². The number of aliphatic hydroxyl groups is 3. The molecule has 0 saturated heterocycles. The molecule has 4 N–H and O–H groups in total. The fourth-order valence-electron chi connectivity index (χ4n) is 6.78. The lowest BCUT2D eigenvalue weighted by atomic mass is 10.0. The second-order valence-corrected chi connectivity index (χ2v) is 15.6. The van der Waals surface area contributed by atoms with Gasteiger partial charge in [-0.25, -0.2) is 0 Å². The molecule has 3 atom stereocenters. The average molecular weight is 744 g/mol. The number of rotatable bonds is 41. The van der Waals surface area contributed by atoms with Gasteiger partial charge in [0.15, 0.2) is 0 Å². The molecule has 0 saturated carbocycles. The maximum absolute atomic E-state index is 12.4. The van der Waals surface area contributed by atoms with Crippen LogP contribution >= 0.6 is 0 Å². The van der Waals surface area contributed by atoms with E-state index < -0.39 is 18.2 Å². The molecule has 1 amide bonds. The van der Waals surface area contributed by atoms with Gasteiger partial charge in [0.05, 0.1) is 31.3 Å². The van der Waals surface area contributed by atoms with E-state index in [0.29, 0.717) is 6.42 Å². The molecule has 0 aromatic rings. The van der Waals surface area contributed by atoms with E-state index in [1.54, 1.807) is 6.08 Å². The molecule has 0 aliphatic heterocycles. The first-order chi connectivity index (χ1) is 26.0. The first kappa shape index (κ1) is 51.3. The third-order valence-electron chi connectivity index (χ3n) is 10.3. The highest BCUT2D eigenvalue weighted by molar-refractivity contribution is 5.76. The molecule has 0 aliphatic rings. The van der Waals surface area contributed by atoms with Gasteiger partial charge in [0.1, 0.15) is 0 Å². The first-order valence-corrected chi connectivity index (χ1v) is 22.9. The minimum Gasteiger partial charge on any atom is -0.394 e. The van der Waals surface area contributed by atoms with Crippen molar-refractivity contribution in [2.75, 3.05) is 6.61 Å². The normalized spacial score (nSPS) is 14.0. The van der Waals surface area contributed by atoms with Gasteiger partial charge in [-0.3, -0.25) is 4.79 Å². The maximum Gasteiger partial charge on any atom is 0.222 e. The average Bonchev–Trinajstić information content (AvgIpc) is 3.15. The van der Waals surface area contributed by atoms with E-state index in [-0.39, 0.29) is 18.9 Å². The molecule has 0 aliphatic carbocycles. The predicted octanol–water partition coefficient (Wildman–Crippen LogP) is 13.3. The van der Waals surface area contributed by atoms with Crippen molar-refractivity contribution in [2.45, 2.75) is 244 Å². The lowest BCUT2D eigenvalue weighted by Crippen LogP contribution is -2.45. The fourth-order valence-corrected chi connectivity index (χ4v) is 6.78. The van der Waals surface area contributed by atoms with Gasteiger partial charge < -0.3 is 20.6 Å². The second-order valence-electron chi connectivity index (χ2n) is 15.6. The van der Waals surface area contributed by atoms with E-state index in [4.69, 9.17) is 0 Å². The van der Waals surface area contributed by atoms with Crippen LogP contribution in [-0.2, 0) is 4.79 Å². The van der Waals surface area contributed by atoms with Crippen LogP contribution in [0.25, 0.3) is 0 Å². The number of nitrogens with one attached hydrogen (secondary N) is 1. The van der Waals surface area contributed by atoms with Gasteiger partial charge >= 0.3 is 0 Å². The molecule has 0 rings (SSSR count). The highest BCUT2D eigenvalue weighted by atomic mass is 16.3. The Morgan fingerprint density at radius 3 is 1.21 bits per heavy atom. The zero-order chi connectivity index (χ0) is 38.7. The van der Waals surface area contributed by atoms with Crippen molar-refractivity contribution in [2.24, 2.45) is 0 Å². The number of carbonyl (C=O) groups excluding carboxylic acids is 1. The highest BCUT2D eigenvalue weighted by Gasteiger charge is 2.20. The monoisotopic (exact) mass is 744 g/mol. The number of aliphatic hydroxyl groups excluding tert-OH is 3. The summed E-state index contributed by atoms with van der Waals surface area (Å²) in [6, 6.07) is -0.771. The topological polar surface area (TPSA) is 89.8 Å². The molecule has 0 radical (unpaired) electrons. The van der Waals surface area contributed by atoms with E-state index in [1.165, 1.54) is 148 Å². The van der Waals surface area contributed by atoms with Crippen LogP contribution in [0.4, 0.5) is 0 Å². The van der Waals surface area contributed by atoms with Gasteiger partial charge in [0.2, 0.25) is 5.91 Å². The van der Waals surface area contributed by atoms with Crippen molar-refractivity contribution in [3.05, 3.63) is 48.6 Å². The summed E-state index contributed by atoms with van der Waals surface area (Å²) in [4.78, 5) is 12.4. The summed E-state index contributed by atoms with van der Waals surface area (Å²) in [6.07, 6.45) is 55.4. The number of hydrogen-bond acceptors (Lipinski definition) is 4. The Morgan fingerprint density at radius 1 is 0.472 bits per heavy atom. The van der Waals surface area contributed by atoms with Gasteiger partial charge in [0.25, 0.3) is 0 Å². The van der Waals surface area contributed by atoms with Crippen molar-refractivity contribution >= 4 is 5.91 Å². The van der Waals surface area contributed by atoms with Crippen molar-refractivity contribution in [1.29, 1.82) is 0 Å². The predicted molar refractivity (Wildman–Crippen MR) is 231 cm³/mol. The maximum atomic E-state index is 12.4. The van der Waals surface area contributed by atoms with E-state index in [2.05, 4.69) is 55.6 Å². The second kappa shape index (κ2) is 43.0. The summed E-state index contributed by atoms with van der Waals surface area (Å²) >= 11 is 0. The third kappa shape index (κ3) is 39.8. The Hall–Kier alpha value is -1.69. The molecule has 0 aromatic carbocycles. The molecule has 53 heavy (non-hydrogen) atoms. The van der Waals surface area contributed by atoms with Crippen molar-refractivity contribution in [3.8, 4) is 0 Å². The summed E-state index contributed by atoms with van der Waals surface area (Å²) in [5, 5.41) is 33.2. The number of carbonyl (C=O) groups is 1. The summed E-state index contributed by atoms with van der Waals surface area (Å²) in [7, 11) is 0. The molecule has 310 valence electrons. The van der Waals surface area contributed by atoms with E-state index in [1.807, 2.05) is 6.08 Å². The van der Waals surface area contributed by atoms with Crippen LogP contribution in [0, 0.1) is 0 Å². The summed E-state index contributed by atoms with van der Waals surface area (Å²) < 4.78 is 0. The van der Waals surface area contributed by atoms with Crippen LogP contribution < -0.4 is 5.32 Å². The molecule has 0 aromatic heterocycles. The molecule has 0 bridgehead atoms. The lowest BCUT2D eigenvalue weighted by Gasteiger charge is -2.20. The number of hydrogen-bond donors (Lipinski definition) is 4. The SMILES string of the molecule is CCCCCCCCCCC/C=C/CC/C=C/CC/C=C/C(O)C(CO)NC(=O)CC(O)CCCCCCC/C=C\CCCCCCCCCCCC. The first-order valence-electron chi connectivity index (χ1n) is 22.9. The lowest BCUT2D eigenvalue weighted by molar-refractivity contribution is -0.124. The van der Waals surface area contributed by atoms with Crippen LogP contribution in [0.1, 0.15) is 226 Å². The highest BCUT2D eigenvalue weighted by Crippen LogP contribution is 2.14. The largest absolute Gasteiger partial charge is 0.394 e. The number of allylic oxidation sites excluding steroid dienone is 7. The fraction of sp³-hybridized carbons (Fsp3) is 0.812. The number of amides is 1. The smallest absolute Gasteiger partial charge is 0.222 e. The van der Waals surface area contributed by atoms with Crippen molar-refractivity contribution in [1.82, 2.24) is 5.32 Å². The molecule has 5 heteroatoms. The Labute approximate surface area is 329 Å². The summed E-state index contributed by atoms with van der Waals surface area (Å²) in [5.74, 6) is -0.334. The Kier molecular flexibility index (Phi) is 41.7. The Morgan fingerprint density at radius 2 is 0.811 bits per heavy atom. The van der Waals surface area contributed by atoms with Crippen LogP contribution in [0.2, 0.25) is 0 Å². The van der Waals surface area contributed by atoms with E-state index in [0.717, 1.165) is 51.4 Å². The molecule has 0 spiro atoms. The Bertz CT molecular complexity index is 866. The molecular weight excluding hydrogens is 655 g/mol. The summed E-state index contributed by atoms with van der Waals surface area (Å²) in [6.45, 7) is 4.20. The summed E-state index contributed by atoms with van der Waals surface area (Å²) in [5.41, 5.74) is 0. The Balaban J connectivity index is 3.74. The zero-order valence-corrected chi connectivity index (χ0v) is 35.1. The van der Waals surface area contributed by atoms with Gasteiger partial charge in [0, 0.05) is 0 Å². The quantitative estimate of drug-likeness (QED) is 0.0371. The standard InChI is InChI=1S/C48H89NO4/c1-3-5-7-9-11-13-15-17-19-21-23-25-27-29-31-33-35-37-39-41-45(51)43-48(53)49-46(44-50)47(52)42-40-38-36-34-32-30-28-26-24-22-20-18-16-14-12-10-8-6-4-2/h24-27,32,34,40,42,45-47,50-52H,3-23,28-31,33,35-39,41,43-44H2,1-2H3,(H,49,53)/b26-24+,27-25-,34-32+,42-40+. The minimum absolute atomic E-state index is 0.00395. The van der Waals surface area contributed by atoms with E-state index in [9.17, 15) is 20.1 Å².